The molecule has 0 saturated carbocycles. The molecule has 4 heterocycles. The zero-order chi connectivity index (χ0) is 28.9. The van der Waals surface area contributed by atoms with E-state index in [0.717, 1.165) is 44.4 Å². The monoisotopic (exact) mass is 549 g/mol. The lowest BCUT2D eigenvalue weighted by atomic mass is 9.78. The summed E-state index contributed by atoms with van der Waals surface area (Å²) in [7, 11) is -0.878. The number of nitrogens with zero attached hydrogens (tertiary/aromatic N) is 1. The zero-order valence-electron chi connectivity index (χ0n) is 25.1. The van der Waals surface area contributed by atoms with E-state index in [1.807, 2.05) is 6.07 Å². The minimum Gasteiger partial charge on any atom is -0.465 e. The molecule has 0 bridgehead atoms. The first-order chi connectivity index (χ1) is 19.3. The van der Waals surface area contributed by atoms with Crippen molar-refractivity contribution in [1.82, 2.24) is 4.57 Å². The Labute approximate surface area is 243 Å². The van der Waals surface area contributed by atoms with E-state index in [0.29, 0.717) is 0 Å². The van der Waals surface area contributed by atoms with E-state index >= 15 is 0 Å². The molecular weight excluding hydrogens is 512 g/mol. The molecule has 4 aromatic rings. The van der Waals surface area contributed by atoms with Crippen LogP contribution < -0.4 is 15.7 Å². The fraction of sp³-hybridized carbons (Fsp3) is 0.394. The molecular formula is C33H37B2NO5. The SMILES string of the molecule is CC1(C)OB(c2ccc3c(c2)O[C@H](c2ccccc2)n2c-3cc3cc(B4OC(C)(C)C(C)(C)O4)ccc32)OC1(C)C. The highest BCUT2D eigenvalue weighted by molar-refractivity contribution is 6.62. The second kappa shape index (κ2) is 8.74. The third-order valence-corrected chi connectivity index (χ3v) is 9.75. The number of fused-ring (bicyclic) bond motifs is 5. The van der Waals surface area contributed by atoms with Crippen LogP contribution in [0.3, 0.4) is 0 Å². The van der Waals surface area contributed by atoms with Gasteiger partial charge in [0, 0.05) is 16.5 Å². The van der Waals surface area contributed by atoms with Gasteiger partial charge >= 0.3 is 14.2 Å². The normalized spacial score (nSPS) is 23.4. The van der Waals surface area contributed by atoms with Gasteiger partial charge in [-0.2, -0.15) is 0 Å². The Hall–Kier alpha value is -3.03. The first-order valence-corrected chi connectivity index (χ1v) is 14.5. The minimum atomic E-state index is -0.459. The fourth-order valence-corrected chi connectivity index (χ4v) is 5.82. The molecule has 0 unspecified atom stereocenters. The van der Waals surface area contributed by atoms with Crippen molar-refractivity contribution in [3.63, 3.8) is 0 Å². The molecule has 0 amide bonds. The van der Waals surface area contributed by atoms with Crippen LogP contribution in [0.4, 0.5) is 0 Å². The van der Waals surface area contributed by atoms with Gasteiger partial charge < -0.3 is 27.9 Å². The van der Waals surface area contributed by atoms with Crippen LogP contribution in [0.15, 0.2) is 72.8 Å². The summed E-state index contributed by atoms with van der Waals surface area (Å²) in [6.07, 6.45) is -0.326. The van der Waals surface area contributed by atoms with Crippen LogP contribution in [0.25, 0.3) is 22.2 Å². The second-order valence-corrected chi connectivity index (χ2v) is 13.5. The van der Waals surface area contributed by atoms with Gasteiger partial charge in [0.1, 0.15) is 5.75 Å². The largest absolute Gasteiger partial charge is 0.494 e. The van der Waals surface area contributed by atoms with Crippen molar-refractivity contribution in [2.24, 2.45) is 0 Å². The predicted octanol–water partition coefficient (Wildman–Crippen LogP) is 5.85. The van der Waals surface area contributed by atoms with Crippen molar-refractivity contribution < 1.29 is 23.4 Å². The molecule has 210 valence electrons. The van der Waals surface area contributed by atoms with E-state index in [2.05, 4.69) is 127 Å². The van der Waals surface area contributed by atoms with E-state index in [4.69, 9.17) is 23.4 Å². The summed E-state index contributed by atoms with van der Waals surface area (Å²) < 4.78 is 34.5. The lowest BCUT2D eigenvalue weighted by Gasteiger charge is -2.32. The molecule has 8 heteroatoms. The number of benzene rings is 3. The topological polar surface area (TPSA) is 51.1 Å². The van der Waals surface area contributed by atoms with Gasteiger partial charge in [-0.15, -0.1) is 0 Å². The van der Waals surface area contributed by atoms with E-state index in [1.165, 1.54) is 0 Å². The molecule has 2 saturated heterocycles. The highest BCUT2D eigenvalue weighted by Crippen LogP contribution is 2.45. The molecule has 1 aromatic heterocycles. The molecule has 0 spiro atoms. The summed E-state index contributed by atoms with van der Waals surface area (Å²) in [4.78, 5) is 0. The maximum absolute atomic E-state index is 6.80. The lowest BCUT2D eigenvalue weighted by molar-refractivity contribution is 0.00578. The Morgan fingerprint density at radius 1 is 0.610 bits per heavy atom. The predicted molar refractivity (Wildman–Crippen MR) is 164 cm³/mol. The average Bonchev–Trinajstić information content (AvgIpc) is 3.48. The van der Waals surface area contributed by atoms with Crippen molar-refractivity contribution in [3.8, 4) is 17.0 Å². The summed E-state index contributed by atoms with van der Waals surface area (Å²) in [5.74, 6) is 0.813. The molecule has 3 aliphatic heterocycles. The molecule has 41 heavy (non-hydrogen) atoms. The molecule has 0 radical (unpaired) electrons. The van der Waals surface area contributed by atoms with E-state index in [-0.39, 0.29) is 6.23 Å². The Morgan fingerprint density at radius 2 is 1.15 bits per heavy atom. The zero-order valence-corrected chi connectivity index (χ0v) is 25.1. The number of hydrogen-bond donors (Lipinski definition) is 0. The highest BCUT2D eigenvalue weighted by atomic mass is 16.7. The summed E-state index contributed by atoms with van der Waals surface area (Å²) in [6.45, 7) is 16.6. The minimum absolute atomic E-state index is 0.326. The van der Waals surface area contributed by atoms with Crippen LogP contribution in [-0.4, -0.2) is 41.2 Å². The number of aromatic nitrogens is 1. The molecule has 1 atom stereocenters. The van der Waals surface area contributed by atoms with Crippen LogP contribution >= 0.6 is 0 Å². The summed E-state index contributed by atoms with van der Waals surface area (Å²) in [5.41, 5.74) is 4.63. The maximum atomic E-state index is 6.80. The summed E-state index contributed by atoms with van der Waals surface area (Å²) in [6, 6.07) is 25.3. The Balaban J connectivity index is 1.33. The van der Waals surface area contributed by atoms with Gasteiger partial charge in [-0.1, -0.05) is 48.5 Å². The van der Waals surface area contributed by atoms with Crippen LogP contribution in [0, 0.1) is 0 Å². The van der Waals surface area contributed by atoms with Crippen molar-refractivity contribution in [2.45, 2.75) is 84.0 Å². The Bertz CT molecular complexity index is 1630. The van der Waals surface area contributed by atoms with Crippen molar-refractivity contribution >= 4 is 36.1 Å². The van der Waals surface area contributed by atoms with E-state index in [9.17, 15) is 0 Å². The molecule has 0 N–H and O–H groups in total. The molecule has 6 nitrogen and oxygen atoms in total. The number of hydrogen-bond acceptors (Lipinski definition) is 5. The first kappa shape index (κ1) is 26.8. The molecule has 0 aliphatic carbocycles. The van der Waals surface area contributed by atoms with Crippen molar-refractivity contribution in [2.75, 3.05) is 0 Å². The van der Waals surface area contributed by atoms with Crippen LogP contribution in [-0.2, 0) is 18.6 Å². The van der Waals surface area contributed by atoms with Crippen LogP contribution in [0.1, 0.15) is 67.2 Å². The first-order valence-electron chi connectivity index (χ1n) is 14.5. The molecule has 7 rings (SSSR count). The average molecular weight is 549 g/mol. The van der Waals surface area contributed by atoms with Crippen LogP contribution in [0.2, 0.25) is 0 Å². The summed E-state index contributed by atoms with van der Waals surface area (Å²) in [5, 5.41) is 1.11. The third-order valence-electron chi connectivity index (χ3n) is 9.75. The van der Waals surface area contributed by atoms with E-state index < -0.39 is 36.6 Å². The smallest absolute Gasteiger partial charge is 0.465 e. The number of ether oxygens (including phenoxy) is 1. The summed E-state index contributed by atoms with van der Waals surface area (Å²) >= 11 is 0. The van der Waals surface area contributed by atoms with Gasteiger partial charge in [-0.3, -0.25) is 0 Å². The number of rotatable bonds is 3. The molecule has 3 aliphatic rings. The third kappa shape index (κ3) is 4.10. The van der Waals surface area contributed by atoms with Crippen molar-refractivity contribution in [1.29, 1.82) is 0 Å². The Morgan fingerprint density at radius 3 is 1.73 bits per heavy atom. The fourth-order valence-electron chi connectivity index (χ4n) is 5.82. The molecule has 3 aromatic carbocycles. The second-order valence-electron chi connectivity index (χ2n) is 13.5. The van der Waals surface area contributed by atoms with E-state index in [1.54, 1.807) is 0 Å². The van der Waals surface area contributed by atoms with Gasteiger partial charge in [-0.05, 0) is 90.6 Å². The van der Waals surface area contributed by atoms with Crippen molar-refractivity contribution in [3.05, 3.63) is 78.4 Å². The van der Waals surface area contributed by atoms with Crippen LogP contribution in [0.5, 0.6) is 5.75 Å². The standard InChI is InChI=1S/C33H37B2NO5/c1-30(2)31(3,4)39-34(38-30)23-15-17-26-22(18-23)19-27-25-16-14-24(35-40-32(5,6)33(7,8)41-35)20-28(25)37-29(36(26)27)21-12-10-9-11-13-21/h9-20,29H,1-8H3/t29-/m1/s1. The maximum Gasteiger partial charge on any atom is 0.494 e. The van der Waals surface area contributed by atoms with Gasteiger partial charge in [-0.25, -0.2) is 0 Å². The molecule has 2 fully saturated rings. The lowest BCUT2D eigenvalue weighted by Crippen LogP contribution is -2.41. The Kier molecular flexibility index (Phi) is 5.72. The van der Waals surface area contributed by atoms with Gasteiger partial charge in [0.05, 0.1) is 33.6 Å². The highest BCUT2D eigenvalue weighted by Gasteiger charge is 2.53. The van der Waals surface area contributed by atoms with Gasteiger partial charge in [0.15, 0.2) is 0 Å². The quantitative estimate of drug-likeness (QED) is 0.301. The van der Waals surface area contributed by atoms with Gasteiger partial charge in [0.25, 0.3) is 0 Å². The van der Waals surface area contributed by atoms with Gasteiger partial charge in [0.2, 0.25) is 6.23 Å².